The summed E-state index contributed by atoms with van der Waals surface area (Å²) in [5.41, 5.74) is 0. The minimum Gasteiger partial charge on any atom is -0.339 e. The van der Waals surface area contributed by atoms with Gasteiger partial charge in [-0.25, -0.2) is 0 Å². The Morgan fingerprint density at radius 1 is 1.14 bits per heavy atom. The number of hydrogen-bond acceptors (Lipinski definition) is 7. The van der Waals surface area contributed by atoms with Crippen molar-refractivity contribution in [1.82, 2.24) is 25.2 Å². The van der Waals surface area contributed by atoms with Gasteiger partial charge in [0.15, 0.2) is 11.6 Å². The van der Waals surface area contributed by atoms with Gasteiger partial charge in [0, 0.05) is 12.3 Å². The van der Waals surface area contributed by atoms with Crippen LogP contribution in [0.1, 0.15) is 62.0 Å². The number of piperidine rings is 1. The highest BCUT2D eigenvalue weighted by atomic mass is 16.5. The van der Waals surface area contributed by atoms with Crippen molar-refractivity contribution in [3.8, 4) is 0 Å². The predicted molar refractivity (Wildman–Crippen MR) is 79.2 cm³/mol. The van der Waals surface area contributed by atoms with E-state index in [1.165, 1.54) is 0 Å². The topological polar surface area (TPSA) is 81.1 Å². The van der Waals surface area contributed by atoms with Gasteiger partial charge in [0.2, 0.25) is 11.8 Å². The second-order valence-corrected chi connectivity index (χ2v) is 5.94. The molecule has 2 aromatic rings. The molecular formula is C15H23N5O2. The fourth-order valence-corrected chi connectivity index (χ4v) is 2.80. The molecule has 1 aliphatic rings. The zero-order chi connectivity index (χ0) is 15.4. The van der Waals surface area contributed by atoms with Gasteiger partial charge in [0.25, 0.3) is 0 Å². The monoisotopic (exact) mass is 305 g/mol. The van der Waals surface area contributed by atoms with Crippen LogP contribution in [-0.4, -0.2) is 38.3 Å². The fraction of sp³-hybridized carbons (Fsp3) is 0.733. The number of nitrogens with zero attached hydrogens (tertiary/aromatic N) is 5. The lowest BCUT2D eigenvalue weighted by atomic mass is 9.97. The second-order valence-electron chi connectivity index (χ2n) is 5.94. The number of likely N-dealkylation sites (tertiary alicyclic amines) is 1. The summed E-state index contributed by atoms with van der Waals surface area (Å²) in [6.07, 6.45) is 5.20. The summed E-state index contributed by atoms with van der Waals surface area (Å²) in [7, 11) is 0. The molecular weight excluding hydrogens is 282 g/mol. The third-order valence-electron chi connectivity index (χ3n) is 4.10. The van der Waals surface area contributed by atoms with Gasteiger partial charge < -0.3 is 9.05 Å². The maximum absolute atomic E-state index is 5.34. The standard InChI is InChI=1S/C15H23N5O2/c1-3-4-5-13-17-14(21-19-13)10-20-8-6-12(7-9-20)15-16-11(2)18-22-15/h12H,3-10H2,1-2H3. The molecule has 120 valence electrons. The third-order valence-corrected chi connectivity index (χ3v) is 4.10. The van der Waals surface area contributed by atoms with Crippen LogP contribution in [0.15, 0.2) is 9.05 Å². The molecule has 0 atom stereocenters. The molecule has 22 heavy (non-hydrogen) atoms. The second kappa shape index (κ2) is 7.00. The summed E-state index contributed by atoms with van der Waals surface area (Å²) in [6.45, 7) is 6.72. The molecule has 7 nitrogen and oxygen atoms in total. The van der Waals surface area contributed by atoms with Crippen molar-refractivity contribution >= 4 is 0 Å². The van der Waals surface area contributed by atoms with E-state index in [4.69, 9.17) is 9.05 Å². The first-order valence-corrected chi connectivity index (χ1v) is 8.08. The van der Waals surface area contributed by atoms with Crippen molar-refractivity contribution in [2.24, 2.45) is 0 Å². The summed E-state index contributed by atoms with van der Waals surface area (Å²) in [4.78, 5) is 11.1. The lowest BCUT2D eigenvalue weighted by Crippen LogP contribution is -2.32. The van der Waals surface area contributed by atoms with Crippen LogP contribution in [0.4, 0.5) is 0 Å². The Balaban J connectivity index is 1.48. The molecule has 0 saturated carbocycles. The Bertz CT molecular complexity index is 586. The van der Waals surface area contributed by atoms with E-state index < -0.39 is 0 Å². The maximum Gasteiger partial charge on any atom is 0.240 e. The van der Waals surface area contributed by atoms with Crippen molar-refractivity contribution in [3.05, 3.63) is 23.4 Å². The number of aryl methyl sites for hydroxylation is 2. The van der Waals surface area contributed by atoms with Gasteiger partial charge in [0.05, 0.1) is 6.54 Å². The highest BCUT2D eigenvalue weighted by Crippen LogP contribution is 2.27. The number of rotatable bonds is 6. The van der Waals surface area contributed by atoms with E-state index in [9.17, 15) is 0 Å². The van der Waals surface area contributed by atoms with Gasteiger partial charge in [-0.2, -0.15) is 9.97 Å². The van der Waals surface area contributed by atoms with E-state index in [1.54, 1.807) is 0 Å². The molecule has 0 unspecified atom stereocenters. The van der Waals surface area contributed by atoms with Gasteiger partial charge in [-0.1, -0.05) is 23.7 Å². The van der Waals surface area contributed by atoms with Crippen molar-refractivity contribution < 1.29 is 9.05 Å². The predicted octanol–water partition coefficient (Wildman–Crippen LogP) is 2.48. The summed E-state index contributed by atoms with van der Waals surface area (Å²) >= 11 is 0. The van der Waals surface area contributed by atoms with Crippen LogP contribution < -0.4 is 0 Å². The van der Waals surface area contributed by atoms with Crippen LogP contribution in [0.5, 0.6) is 0 Å². The van der Waals surface area contributed by atoms with Crippen molar-refractivity contribution in [3.63, 3.8) is 0 Å². The average Bonchev–Trinajstić information content (AvgIpc) is 3.15. The first-order chi connectivity index (χ1) is 10.7. The lowest BCUT2D eigenvalue weighted by Gasteiger charge is -2.28. The van der Waals surface area contributed by atoms with Crippen LogP contribution in [-0.2, 0) is 13.0 Å². The first kappa shape index (κ1) is 15.1. The van der Waals surface area contributed by atoms with Crippen LogP contribution in [0.3, 0.4) is 0 Å². The molecule has 1 fully saturated rings. The van der Waals surface area contributed by atoms with Gasteiger partial charge >= 0.3 is 0 Å². The molecule has 0 aromatic carbocycles. The van der Waals surface area contributed by atoms with E-state index in [1.807, 2.05) is 6.92 Å². The molecule has 0 spiro atoms. The molecule has 0 radical (unpaired) electrons. The zero-order valence-electron chi connectivity index (χ0n) is 13.3. The minimum atomic E-state index is 0.375. The fourth-order valence-electron chi connectivity index (χ4n) is 2.80. The smallest absolute Gasteiger partial charge is 0.240 e. The van der Waals surface area contributed by atoms with E-state index in [-0.39, 0.29) is 0 Å². The van der Waals surface area contributed by atoms with Crippen LogP contribution >= 0.6 is 0 Å². The average molecular weight is 305 g/mol. The van der Waals surface area contributed by atoms with E-state index in [0.29, 0.717) is 11.7 Å². The normalized spacial score (nSPS) is 17.2. The molecule has 3 rings (SSSR count). The molecule has 1 aliphatic heterocycles. The molecule has 0 bridgehead atoms. The SMILES string of the molecule is CCCCc1noc(CN2CCC(c3nc(C)no3)CC2)n1. The van der Waals surface area contributed by atoms with Gasteiger partial charge in [-0.3, -0.25) is 4.90 Å². The number of unbranched alkanes of at least 4 members (excludes halogenated alkanes) is 1. The number of hydrogen-bond donors (Lipinski definition) is 0. The molecule has 3 heterocycles. The molecule has 0 amide bonds. The molecule has 7 heteroatoms. The van der Waals surface area contributed by atoms with Crippen LogP contribution in [0.25, 0.3) is 0 Å². The summed E-state index contributed by atoms with van der Waals surface area (Å²) in [5.74, 6) is 3.41. The highest BCUT2D eigenvalue weighted by molar-refractivity contribution is 4.96. The zero-order valence-corrected chi connectivity index (χ0v) is 13.3. The lowest BCUT2D eigenvalue weighted by molar-refractivity contribution is 0.168. The van der Waals surface area contributed by atoms with Gasteiger partial charge in [-0.15, -0.1) is 0 Å². The van der Waals surface area contributed by atoms with Gasteiger partial charge in [-0.05, 0) is 39.3 Å². The van der Waals surface area contributed by atoms with Gasteiger partial charge in [0.1, 0.15) is 0 Å². The van der Waals surface area contributed by atoms with E-state index in [0.717, 1.165) is 69.3 Å². The molecule has 1 saturated heterocycles. The quantitative estimate of drug-likeness (QED) is 0.811. The Kier molecular flexibility index (Phi) is 4.82. The van der Waals surface area contributed by atoms with Crippen molar-refractivity contribution in [1.29, 1.82) is 0 Å². The summed E-state index contributed by atoms with van der Waals surface area (Å²) in [5, 5.41) is 7.91. The minimum absolute atomic E-state index is 0.375. The van der Waals surface area contributed by atoms with E-state index in [2.05, 4.69) is 32.1 Å². The molecule has 2 aromatic heterocycles. The molecule has 0 N–H and O–H groups in total. The Hall–Kier alpha value is -1.76. The van der Waals surface area contributed by atoms with E-state index >= 15 is 0 Å². The Labute approximate surface area is 130 Å². The maximum atomic E-state index is 5.34. The Morgan fingerprint density at radius 3 is 2.64 bits per heavy atom. The first-order valence-electron chi connectivity index (χ1n) is 8.08. The van der Waals surface area contributed by atoms with Crippen molar-refractivity contribution in [2.45, 2.75) is 58.4 Å². The van der Waals surface area contributed by atoms with Crippen LogP contribution in [0.2, 0.25) is 0 Å². The third kappa shape index (κ3) is 3.71. The van der Waals surface area contributed by atoms with Crippen molar-refractivity contribution in [2.75, 3.05) is 13.1 Å². The summed E-state index contributed by atoms with van der Waals surface area (Å²) < 4.78 is 10.6. The highest BCUT2D eigenvalue weighted by Gasteiger charge is 2.25. The van der Waals surface area contributed by atoms with Crippen LogP contribution in [0, 0.1) is 6.92 Å². The molecule has 0 aliphatic carbocycles. The summed E-state index contributed by atoms with van der Waals surface area (Å²) in [6, 6.07) is 0. The number of aromatic nitrogens is 4. The largest absolute Gasteiger partial charge is 0.339 e. The Morgan fingerprint density at radius 2 is 1.95 bits per heavy atom.